The lowest BCUT2D eigenvalue weighted by atomic mass is 9.95. The third kappa shape index (κ3) is 3.25. The van der Waals surface area contributed by atoms with Gasteiger partial charge in [0.2, 0.25) is 0 Å². The smallest absolute Gasteiger partial charge is 0.0343 e. The Labute approximate surface area is 111 Å². The van der Waals surface area contributed by atoms with Crippen LogP contribution in [0.5, 0.6) is 0 Å². The van der Waals surface area contributed by atoms with Gasteiger partial charge < -0.3 is 0 Å². The van der Waals surface area contributed by atoms with Crippen molar-refractivity contribution >= 4 is 0 Å². The summed E-state index contributed by atoms with van der Waals surface area (Å²) in [6.45, 7) is 6.13. The van der Waals surface area contributed by atoms with E-state index in [0.717, 1.165) is 0 Å². The van der Waals surface area contributed by atoms with Crippen molar-refractivity contribution in [3.05, 3.63) is 59.7 Å². The Morgan fingerprint density at radius 2 is 1.44 bits per heavy atom. The predicted molar refractivity (Wildman–Crippen MR) is 80.5 cm³/mol. The molecule has 0 amide bonds. The third-order valence-corrected chi connectivity index (χ3v) is 2.75. The van der Waals surface area contributed by atoms with Crippen LogP contribution >= 0.6 is 0 Å². The van der Waals surface area contributed by atoms with Gasteiger partial charge in [0.05, 0.1) is 0 Å². The maximum absolute atomic E-state index is 5.40. The van der Waals surface area contributed by atoms with Crippen molar-refractivity contribution in [2.45, 2.75) is 27.2 Å². The number of terminal acetylenes is 1. The van der Waals surface area contributed by atoms with Crippen molar-refractivity contribution in [3.63, 3.8) is 0 Å². The Morgan fingerprint density at radius 3 is 2.06 bits per heavy atom. The first kappa shape index (κ1) is 14.1. The highest BCUT2D eigenvalue weighted by atomic mass is 14.1. The second-order valence-corrected chi connectivity index (χ2v) is 3.85. The summed E-state index contributed by atoms with van der Waals surface area (Å²) in [5, 5.41) is 0. The average molecular weight is 236 g/mol. The van der Waals surface area contributed by atoms with Gasteiger partial charge in [-0.15, -0.1) is 12.3 Å². The topological polar surface area (TPSA) is 0 Å². The van der Waals surface area contributed by atoms with Crippen LogP contribution in [0.15, 0.2) is 48.5 Å². The van der Waals surface area contributed by atoms with E-state index in [1.165, 1.54) is 22.3 Å². The van der Waals surface area contributed by atoms with Crippen LogP contribution in [-0.2, 0) is 6.42 Å². The molecule has 0 aromatic heterocycles. The molecule has 0 bridgehead atoms. The number of aryl methyl sites for hydroxylation is 1. The lowest BCUT2D eigenvalue weighted by Crippen LogP contribution is -1.89. The Kier molecular flexibility index (Phi) is 5.74. The van der Waals surface area contributed by atoms with Crippen LogP contribution in [0.4, 0.5) is 0 Å². The van der Waals surface area contributed by atoms with Gasteiger partial charge in [-0.05, 0) is 29.2 Å². The molecule has 18 heavy (non-hydrogen) atoms. The summed E-state index contributed by atoms with van der Waals surface area (Å²) < 4.78 is 0. The predicted octanol–water partition coefficient (Wildman–Crippen LogP) is 4.86. The molecule has 0 aliphatic heterocycles. The Hall–Kier alpha value is -2.00. The summed E-state index contributed by atoms with van der Waals surface area (Å²) in [5.41, 5.74) is 5.03. The van der Waals surface area contributed by atoms with E-state index in [1.54, 1.807) is 0 Å². The van der Waals surface area contributed by atoms with Gasteiger partial charge in [-0.3, -0.25) is 0 Å². The van der Waals surface area contributed by atoms with Crippen LogP contribution in [0.2, 0.25) is 0 Å². The summed E-state index contributed by atoms with van der Waals surface area (Å²) in [4.78, 5) is 0. The van der Waals surface area contributed by atoms with Crippen LogP contribution in [0.1, 0.15) is 25.0 Å². The van der Waals surface area contributed by atoms with Crippen molar-refractivity contribution in [2.75, 3.05) is 0 Å². The van der Waals surface area contributed by atoms with Crippen LogP contribution < -0.4 is 0 Å². The number of hydrogen-bond acceptors (Lipinski definition) is 0. The minimum Gasteiger partial charge on any atom is -0.120 e. The van der Waals surface area contributed by atoms with E-state index in [0.29, 0.717) is 6.42 Å². The van der Waals surface area contributed by atoms with Gasteiger partial charge in [-0.25, -0.2) is 0 Å². The highest BCUT2D eigenvalue weighted by Crippen LogP contribution is 2.26. The standard InChI is InChI=1S/C16H14.C2H6/c1-3-8-14-10-5-7-12-16(14)15-11-6-4-9-13(15)2;1-2/h1,4-7,9-12H,8H2,2H3;1-2H3. The average Bonchev–Trinajstić information content (AvgIpc) is 2.43. The fourth-order valence-electron chi connectivity index (χ4n) is 1.92. The minimum absolute atomic E-state index is 0.685. The summed E-state index contributed by atoms with van der Waals surface area (Å²) in [6, 6.07) is 16.7. The molecule has 2 aromatic rings. The fraction of sp³-hybridized carbons (Fsp3) is 0.222. The first-order chi connectivity index (χ1) is 8.83. The van der Waals surface area contributed by atoms with Gasteiger partial charge >= 0.3 is 0 Å². The zero-order valence-electron chi connectivity index (χ0n) is 11.4. The molecule has 0 heteroatoms. The van der Waals surface area contributed by atoms with Gasteiger partial charge in [0.1, 0.15) is 0 Å². The third-order valence-electron chi connectivity index (χ3n) is 2.75. The molecule has 0 spiro atoms. The van der Waals surface area contributed by atoms with Crippen molar-refractivity contribution < 1.29 is 0 Å². The van der Waals surface area contributed by atoms with Gasteiger partial charge in [-0.1, -0.05) is 62.4 Å². The van der Waals surface area contributed by atoms with Gasteiger partial charge in [-0.2, -0.15) is 0 Å². The van der Waals surface area contributed by atoms with Gasteiger partial charge in [0.25, 0.3) is 0 Å². The quantitative estimate of drug-likeness (QED) is 0.653. The molecule has 0 saturated carbocycles. The van der Waals surface area contributed by atoms with Crippen molar-refractivity contribution in [1.29, 1.82) is 0 Å². The van der Waals surface area contributed by atoms with E-state index >= 15 is 0 Å². The van der Waals surface area contributed by atoms with Crippen LogP contribution in [0.3, 0.4) is 0 Å². The lowest BCUT2D eigenvalue weighted by molar-refractivity contribution is 1.31. The number of rotatable bonds is 2. The molecule has 0 fully saturated rings. The van der Waals surface area contributed by atoms with E-state index in [2.05, 4.69) is 55.3 Å². The maximum atomic E-state index is 5.40. The molecule has 0 nitrogen and oxygen atoms in total. The molecular weight excluding hydrogens is 216 g/mol. The summed E-state index contributed by atoms with van der Waals surface area (Å²) in [7, 11) is 0. The Morgan fingerprint density at radius 1 is 0.889 bits per heavy atom. The molecule has 0 aliphatic rings. The molecule has 0 radical (unpaired) electrons. The molecule has 2 aromatic carbocycles. The second kappa shape index (κ2) is 7.35. The minimum atomic E-state index is 0.685. The molecule has 0 atom stereocenters. The summed E-state index contributed by atoms with van der Waals surface area (Å²) >= 11 is 0. The lowest BCUT2D eigenvalue weighted by Gasteiger charge is -2.09. The van der Waals surface area contributed by atoms with Crippen LogP contribution in [0.25, 0.3) is 11.1 Å². The maximum Gasteiger partial charge on any atom is 0.0343 e. The highest BCUT2D eigenvalue weighted by molar-refractivity contribution is 5.70. The molecule has 0 unspecified atom stereocenters. The second-order valence-electron chi connectivity index (χ2n) is 3.85. The number of hydrogen-bond donors (Lipinski definition) is 0. The normalized spacial score (nSPS) is 9.00. The Balaban J connectivity index is 0.000000771. The molecular formula is C18H20. The molecule has 0 heterocycles. The molecule has 92 valence electrons. The largest absolute Gasteiger partial charge is 0.120 e. The zero-order chi connectivity index (χ0) is 13.4. The first-order valence-corrected chi connectivity index (χ1v) is 6.40. The SMILES string of the molecule is C#CCc1ccccc1-c1ccccc1C.CC. The van der Waals surface area contributed by atoms with Crippen LogP contribution in [-0.4, -0.2) is 0 Å². The van der Waals surface area contributed by atoms with E-state index in [9.17, 15) is 0 Å². The summed E-state index contributed by atoms with van der Waals surface area (Å²) in [5.74, 6) is 2.71. The van der Waals surface area contributed by atoms with Crippen molar-refractivity contribution in [2.24, 2.45) is 0 Å². The Bertz CT molecular complexity index is 530. The van der Waals surface area contributed by atoms with Gasteiger partial charge in [0, 0.05) is 6.42 Å². The van der Waals surface area contributed by atoms with E-state index in [4.69, 9.17) is 6.42 Å². The highest BCUT2D eigenvalue weighted by Gasteiger charge is 2.05. The summed E-state index contributed by atoms with van der Waals surface area (Å²) in [6.07, 6.45) is 6.08. The van der Waals surface area contributed by atoms with Crippen molar-refractivity contribution in [3.8, 4) is 23.5 Å². The zero-order valence-corrected chi connectivity index (χ0v) is 11.4. The molecule has 0 saturated heterocycles. The monoisotopic (exact) mass is 236 g/mol. The molecule has 2 rings (SSSR count). The van der Waals surface area contributed by atoms with Crippen molar-refractivity contribution in [1.82, 2.24) is 0 Å². The van der Waals surface area contributed by atoms with E-state index < -0.39 is 0 Å². The number of benzene rings is 2. The fourth-order valence-corrected chi connectivity index (χ4v) is 1.92. The van der Waals surface area contributed by atoms with Crippen LogP contribution in [0, 0.1) is 19.3 Å². The molecule has 0 N–H and O–H groups in total. The van der Waals surface area contributed by atoms with Gasteiger partial charge in [0.15, 0.2) is 0 Å². The molecule has 0 aliphatic carbocycles. The van der Waals surface area contributed by atoms with E-state index in [-0.39, 0.29) is 0 Å². The van der Waals surface area contributed by atoms with E-state index in [1.807, 2.05) is 19.9 Å². The first-order valence-electron chi connectivity index (χ1n) is 6.40.